The fourth-order valence-electron chi connectivity index (χ4n) is 1.50. The molecule has 2 rings (SSSR count). The number of nitrogens with zero attached hydrogens (tertiary/aromatic N) is 2. The maximum Gasteiger partial charge on any atom is 0.146 e. The van der Waals surface area contributed by atoms with Gasteiger partial charge in [0.2, 0.25) is 0 Å². The second kappa shape index (κ2) is 4.70. The number of halogens is 1. The van der Waals surface area contributed by atoms with E-state index in [9.17, 15) is 0 Å². The standard InChI is InChI=1S/C12H13BrN2O/c1-9-7-15(2)12(14-9)8-16-11-6-4-3-5-10(11)13/h3-7H,8H2,1-2H3. The maximum atomic E-state index is 5.69. The lowest BCUT2D eigenvalue weighted by molar-refractivity contribution is 0.290. The Morgan fingerprint density at radius 3 is 2.75 bits per heavy atom. The molecule has 4 heteroatoms. The molecule has 1 heterocycles. The summed E-state index contributed by atoms with van der Waals surface area (Å²) in [6.45, 7) is 2.45. The van der Waals surface area contributed by atoms with E-state index in [1.807, 2.05) is 49.0 Å². The van der Waals surface area contributed by atoms with Crippen LogP contribution in [0.1, 0.15) is 11.5 Å². The molecule has 0 radical (unpaired) electrons. The van der Waals surface area contributed by atoms with Crippen LogP contribution < -0.4 is 4.74 Å². The van der Waals surface area contributed by atoms with E-state index >= 15 is 0 Å². The van der Waals surface area contributed by atoms with Gasteiger partial charge in [-0.15, -0.1) is 0 Å². The quantitative estimate of drug-likeness (QED) is 0.864. The van der Waals surface area contributed by atoms with Gasteiger partial charge < -0.3 is 9.30 Å². The third-order valence-corrected chi connectivity index (χ3v) is 2.94. The molecule has 0 unspecified atom stereocenters. The summed E-state index contributed by atoms with van der Waals surface area (Å²) in [7, 11) is 1.97. The summed E-state index contributed by atoms with van der Waals surface area (Å²) < 4.78 is 8.62. The summed E-state index contributed by atoms with van der Waals surface area (Å²) in [6.07, 6.45) is 1.98. The van der Waals surface area contributed by atoms with Crippen LogP contribution >= 0.6 is 15.9 Å². The third kappa shape index (κ3) is 2.44. The minimum atomic E-state index is 0.479. The molecule has 0 aliphatic carbocycles. The van der Waals surface area contributed by atoms with Gasteiger partial charge in [0, 0.05) is 13.2 Å². The third-order valence-electron chi connectivity index (χ3n) is 2.29. The molecule has 0 aliphatic rings. The van der Waals surface area contributed by atoms with Crippen molar-refractivity contribution < 1.29 is 4.74 Å². The van der Waals surface area contributed by atoms with E-state index in [4.69, 9.17) is 4.74 Å². The topological polar surface area (TPSA) is 27.1 Å². The highest BCUT2D eigenvalue weighted by atomic mass is 79.9. The zero-order chi connectivity index (χ0) is 11.5. The van der Waals surface area contributed by atoms with E-state index in [0.29, 0.717) is 6.61 Å². The minimum absolute atomic E-state index is 0.479. The molecule has 84 valence electrons. The first-order valence-corrected chi connectivity index (χ1v) is 5.82. The number of rotatable bonds is 3. The number of hydrogen-bond acceptors (Lipinski definition) is 2. The number of aryl methyl sites for hydroxylation is 2. The van der Waals surface area contributed by atoms with Gasteiger partial charge in [0.15, 0.2) is 0 Å². The van der Waals surface area contributed by atoms with Crippen molar-refractivity contribution in [2.45, 2.75) is 13.5 Å². The predicted octanol–water partition coefficient (Wildman–Crippen LogP) is 3.07. The lowest BCUT2D eigenvalue weighted by Gasteiger charge is -2.07. The molecule has 0 aliphatic heterocycles. The Morgan fingerprint density at radius 2 is 2.12 bits per heavy atom. The number of hydrogen-bond donors (Lipinski definition) is 0. The second-order valence-electron chi connectivity index (χ2n) is 3.63. The zero-order valence-corrected chi connectivity index (χ0v) is 10.9. The molecular formula is C12H13BrN2O. The summed E-state index contributed by atoms with van der Waals surface area (Å²) in [5.74, 6) is 1.76. The first-order valence-electron chi connectivity index (χ1n) is 5.03. The molecule has 0 saturated heterocycles. The van der Waals surface area contributed by atoms with Crippen molar-refractivity contribution in [3.05, 3.63) is 46.5 Å². The molecule has 3 nitrogen and oxygen atoms in total. The average molecular weight is 281 g/mol. The van der Waals surface area contributed by atoms with Crippen LogP contribution in [0.5, 0.6) is 5.75 Å². The number of benzene rings is 1. The van der Waals surface area contributed by atoms with Crippen LogP contribution in [0, 0.1) is 6.92 Å². The molecule has 0 amide bonds. The van der Waals surface area contributed by atoms with Crippen LogP contribution in [0.4, 0.5) is 0 Å². The van der Waals surface area contributed by atoms with Gasteiger partial charge in [-0.05, 0) is 35.0 Å². The summed E-state index contributed by atoms with van der Waals surface area (Å²) in [4.78, 5) is 4.38. The number of para-hydroxylation sites is 1. The molecule has 0 N–H and O–H groups in total. The Morgan fingerprint density at radius 1 is 1.38 bits per heavy atom. The van der Waals surface area contributed by atoms with Crippen LogP contribution in [-0.2, 0) is 13.7 Å². The molecule has 16 heavy (non-hydrogen) atoms. The number of ether oxygens (including phenoxy) is 1. The largest absolute Gasteiger partial charge is 0.485 e. The van der Waals surface area contributed by atoms with Crippen LogP contribution in [0.25, 0.3) is 0 Å². The molecule has 0 saturated carbocycles. The van der Waals surface area contributed by atoms with Crippen LogP contribution in [0.15, 0.2) is 34.9 Å². The number of imidazole rings is 1. The smallest absolute Gasteiger partial charge is 0.146 e. The van der Waals surface area contributed by atoms with Gasteiger partial charge in [-0.1, -0.05) is 12.1 Å². The van der Waals surface area contributed by atoms with Gasteiger partial charge in [0.25, 0.3) is 0 Å². The molecule has 1 aromatic carbocycles. The van der Waals surface area contributed by atoms with Gasteiger partial charge in [-0.25, -0.2) is 4.98 Å². The first-order chi connectivity index (χ1) is 7.66. The SMILES string of the molecule is Cc1cn(C)c(COc2ccccc2Br)n1. The second-order valence-corrected chi connectivity index (χ2v) is 4.48. The highest BCUT2D eigenvalue weighted by molar-refractivity contribution is 9.10. The maximum absolute atomic E-state index is 5.69. The first kappa shape index (κ1) is 11.2. The fraction of sp³-hybridized carbons (Fsp3) is 0.250. The van der Waals surface area contributed by atoms with Gasteiger partial charge in [-0.3, -0.25) is 0 Å². The van der Waals surface area contributed by atoms with Gasteiger partial charge in [-0.2, -0.15) is 0 Å². The number of aromatic nitrogens is 2. The van der Waals surface area contributed by atoms with Crippen molar-refractivity contribution in [3.8, 4) is 5.75 Å². The van der Waals surface area contributed by atoms with Crippen molar-refractivity contribution in [2.24, 2.45) is 7.05 Å². The summed E-state index contributed by atoms with van der Waals surface area (Å²) >= 11 is 3.44. The Bertz CT molecular complexity index is 494. The van der Waals surface area contributed by atoms with E-state index < -0.39 is 0 Å². The van der Waals surface area contributed by atoms with E-state index in [1.54, 1.807) is 0 Å². The lowest BCUT2D eigenvalue weighted by atomic mass is 10.3. The lowest BCUT2D eigenvalue weighted by Crippen LogP contribution is -2.03. The average Bonchev–Trinajstić information content (AvgIpc) is 2.56. The molecular weight excluding hydrogens is 268 g/mol. The summed E-state index contributed by atoms with van der Waals surface area (Å²) in [6, 6.07) is 7.80. The van der Waals surface area contributed by atoms with Gasteiger partial charge in [0.1, 0.15) is 18.2 Å². The van der Waals surface area contributed by atoms with E-state index in [0.717, 1.165) is 21.7 Å². The van der Waals surface area contributed by atoms with Crippen LogP contribution in [0.3, 0.4) is 0 Å². The van der Waals surface area contributed by atoms with E-state index in [2.05, 4.69) is 20.9 Å². The highest BCUT2D eigenvalue weighted by Gasteiger charge is 2.04. The molecule has 0 bridgehead atoms. The zero-order valence-electron chi connectivity index (χ0n) is 9.27. The molecule has 0 spiro atoms. The Hall–Kier alpha value is -1.29. The van der Waals surface area contributed by atoms with Crippen molar-refractivity contribution >= 4 is 15.9 Å². The predicted molar refractivity (Wildman–Crippen MR) is 66.4 cm³/mol. The minimum Gasteiger partial charge on any atom is -0.485 e. The summed E-state index contributed by atoms with van der Waals surface area (Å²) in [5, 5.41) is 0. The molecule has 0 atom stereocenters. The summed E-state index contributed by atoms with van der Waals surface area (Å²) in [5.41, 5.74) is 1.01. The van der Waals surface area contributed by atoms with E-state index in [1.165, 1.54) is 0 Å². The van der Waals surface area contributed by atoms with E-state index in [-0.39, 0.29) is 0 Å². The normalized spacial score (nSPS) is 10.4. The highest BCUT2D eigenvalue weighted by Crippen LogP contribution is 2.24. The van der Waals surface area contributed by atoms with Crippen molar-refractivity contribution in [3.63, 3.8) is 0 Å². The van der Waals surface area contributed by atoms with Gasteiger partial charge in [0.05, 0.1) is 10.2 Å². The molecule has 1 aromatic heterocycles. The van der Waals surface area contributed by atoms with Crippen LogP contribution in [-0.4, -0.2) is 9.55 Å². The van der Waals surface area contributed by atoms with Crippen molar-refractivity contribution in [1.29, 1.82) is 0 Å². The Balaban J connectivity index is 2.08. The van der Waals surface area contributed by atoms with Crippen molar-refractivity contribution in [2.75, 3.05) is 0 Å². The van der Waals surface area contributed by atoms with Crippen LogP contribution in [0.2, 0.25) is 0 Å². The molecule has 0 fully saturated rings. The van der Waals surface area contributed by atoms with Crippen molar-refractivity contribution in [1.82, 2.24) is 9.55 Å². The Kier molecular flexibility index (Phi) is 3.29. The Labute approximate surface area is 103 Å². The fourth-order valence-corrected chi connectivity index (χ4v) is 1.90. The van der Waals surface area contributed by atoms with Gasteiger partial charge >= 0.3 is 0 Å². The monoisotopic (exact) mass is 280 g/mol. The molecule has 2 aromatic rings.